The van der Waals surface area contributed by atoms with E-state index in [1.807, 2.05) is 6.07 Å². The molecule has 0 amide bonds. The van der Waals surface area contributed by atoms with Gasteiger partial charge in [-0.2, -0.15) is 0 Å². The maximum absolute atomic E-state index is 6.06. The number of hydrogen-bond acceptors (Lipinski definition) is 4. The van der Waals surface area contributed by atoms with Crippen LogP contribution >= 0.6 is 0 Å². The first kappa shape index (κ1) is 16.3. The van der Waals surface area contributed by atoms with Crippen molar-refractivity contribution in [1.82, 2.24) is 4.90 Å². The smallest absolute Gasteiger partial charge is 0.121 e. The summed E-state index contributed by atoms with van der Waals surface area (Å²) in [7, 11) is 3.51. The highest BCUT2D eigenvalue weighted by Crippen LogP contribution is 2.29. The Morgan fingerprint density at radius 2 is 2.14 bits per heavy atom. The topological polar surface area (TPSA) is 47.7 Å². The summed E-state index contributed by atoms with van der Waals surface area (Å²) in [5.74, 6) is 1.54. The van der Waals surface area contributed by atoms with E-state index in [1.54, 1.807) is 14.2 Å². The number of likely N-dealkylation sites (tertiary alicyclic amines) is 1. The molecule has 0 aromatic heterocycles. The molecule has 118 valence electrons. The highest BCUT2D eigenvalue weighted by Gasteiger charge is 2.30. The molecule has 1 saturated heterocycles. The maximum Gasteiger partial charge on any atom is 0.121 e. The number of nitrogens with zero attached hydrogens (tertiary/aromatic N) is 1. The lowest BCUT2D eigenvalue weighted by molar-refractivity contribution is -0.0183. The third-order valence-electron chi connectivity index (χ3n) is 4.69. The lowest BCUT2D eigenvalue weighted by atomic mass is 9.93. The first-order valence-electron chi connectivity index (χ1n) is 7.72. The molecule has 0 saturated carbocycles. The molecule has 4 heteroatoms. The summed E-state index contributed by atoms with van der Waals surface area (Å²) in [4.78, 5) is 2.45. The van der Waals surface area contributed by atoms with Crippen molar-refractivity contribution in [1.29, 1.82) is 0 Å². The highest BCUT2D eigenvalue weighted by atomic mass is 16.5. The predicted molar refractivity (Wildman–Crippen MR) is 85.7 cm³/mol. The number of piperidine rings is 1. The van der Waals surface area contributed by atoms with E-state index in [9.17, 15) is 0 Å². The van der Waals surface area contributed by atoms with Crippen LogP contribution in [0.5, 0.6) is 5.75 Å². The fraction of sp³-hybridized carbons (Fsp3) is 0.647. The summed E-state index contributed by atoms with van der Waals surface area (Å²) in [5.41, 5.74) is 8.48. The Morgan fingerprint density at radius 3 is 2.71 bits per heavy atom. The molecule has 21 heavy (non-hydrogen) atoms. The molecular formula is C17H28N2O2. The number of methoxy groups -OCH3 is 2. The average molecular weight is 292 g/mol. The summed E-state index contributed by atoms with van der Waals surface area (Å²) < 4.78 is 11.0. The van der Waals surface area contributed by atoms with Crippen molar-refractivity contribution in [3.63, 3.8) is 0 Å². The fourth-order valence-electron chi connectivity index (χ4n) is 3.25. The molecule has 2 rings (SSSR count). The van der Waals surface area contributed by atoms with Crippen LogP contribution in [-0.2, 0) is 4.74 Å². The molecule has 3 unspecified atom stereocenters. The Kier molecular flexibility index (Phi) is 5.62. The summed E-state index contributed by atoms with van der Waals surface area (Å²) >= 11 is 0. The molecule has 0 radical (unpaired) electrons. The van der Waals surface area contributed by atoms with Crippen molar-refractivity contribution in [3.8, 4) is 5.75 Å². The third-order valence-corrected chi connectivity index (χ3v) is 4.69. The van der Waals surface area contributed by atoms with Crippen molar-refractivity contribution < 1.29 is 9.47 Å². The number of ether oxygens (including phenoxy) is 2. The lowest BCUT2D eigenvalue weighted by Gasteiger charge is -2.40. The van der Waals surface area contributed by atoms with E-state index in [2.05, 4.69) is 30.9 Å². The molecule has 1 aromatic rings. The van der Waals surface area contributed by atoms with Gasteiger partial charge in [0.25, 0.3) is 0 Å². The normalized spacial score (nSPS) is 24.8. The van der Waals surface area contributed by atoms with E-state index >= 15 is 0 Å². The minimum atomic E-state index is 0.250. The van der Waals surface area contributed by atoms with E-state index in [-0.39, 0.29) is 6.04 Å². The third kappa shape index (κ3) is 3.57. The van der Waals surface area contributed by atoms with Crippen LogP contribution in [0.4, 0.5) is 0 Å². The molecule has 2 N–H and O–H groups in total. The molecule has 1 fully saturated rings. The standard InChI is InChI=1S/C17H28N2O2/c1-12-7-8-19(11-17(12)21-4)15(10-18)14-5-6-16(20-3)13(2)9-14/h5-6,9,12,15,17H,7-8,10-11,18H2,1-4H3. The van der Waals surface area contributed by atoms with Crippen LogP contribution in [-0.4, -0.2) is 44.9 Å². The maximum atomic E-state index is 6.06. The number of nitrogens with two attached hydrogens (primary N) is 1. The largest absolute Gasteiger partial charge is 0.496 e. The van der Waals surface area contributed by atoms with E-state index < -0.39 is 0 Å². The van der Waals surface area contributed by atoms with E-state index in [1.165, 1.54) is 5.56 Å². The molecule has 4 nitrogen and oxygen atoms in total. The van der Waals surface area contributed by atoms with Gasteiger partial charge in [-0.1, -0.05) is 19.1 Å². The van der Waals surface area contributed by atoms with Crippen molar-refractivity contribution in [2.24, 2.45) is 11.7 Å². The predicted octanol–water partition coefficient (Wildman–Crippen LogP) is 2.36. The lowest BCUT2D eigenvalue weighted by Crippen LogP contribution is -2.47. The molecule has 0 bridgehead atoms. The van der Waals surface area contributed by atoms with Gasteiger partial charge in [-0.15, -0.1) is 0 Å². The van der Waals surface area contributed by atoms with Gasteiger partial charge in [0.05, 0.1) is 13.2 Å². The SMILES string of the molecule is COc1ccc(C(CN)N2CCC(C)C(OC)C2)cc1C. The van der Waals surface area contributed by atoms with Gasteiger partial charge >= 0.3 is 0 Å². The number of hydrogen-bond donors (Lipinski definition) is 1. The molecular weight excluding hydrogens is 264 g/mol. The van der Waals surface area contributed by atoms with Crippen LogP contribution in [0.2, 0.25) is 0 Å². The molecule has 1 heterocycles. The minimum Gasteiger partial charge on any atom is -0.496 e. The van der Waals surface area contributed by atoms with Crippen molar-refractivity contribution in [2.45, 2.75) is 32.4 Å². The average Bonchev–Trinajstić information content (AvgIpc) is 2.49. The number of aryl methyl sites for hydroxylation is 1. The van der Waals surface area contributed by atoms with Crippen LogP contribution in [0, 0.1) is 12.8 Å². The Morgan fingerprint density at radius 1 is 1.38 bits per heavy atom. The second kappa shape index (κ2) is 7.25. The second-order valence-corrected chi connectivity index (χ2v) is 6.02. The summed E-state index contributed by atoms with van der Waals surface area (Å²) in [6.45, 7) is 6.99. The van der Waals surface area contributed by atoms with E-state index in [4.69, 9.17) is 15.2 Å². The summed E-state index contributed by atoms with van der Waals surface area (Å²) in [5, 5.41) is 0. The van der Waals surface area contributed by atoms with Gasteiger partial charge in [0.1, 0.15) is 5.75 Å². The quantitative estimate of drug-likeness (QED) is 0.905. The zero-order chi connectivity index (χ0) is 15.4. The van der Waals surface area contributed by atoms with E-state index in [0.29, 0.717) is 18.6 Å². The van der Waals surface area contributed by atoms with Gasteiger partial charge in [-0.3, -0.25) is 4.90 Å². The van der Waals surface area contributed by atoms with Crippen molar-refractivity contribution in [3.05, 3.63) is 29.3 Å². The van der Waals surface area contributed by atoms with Gasteiger partial charge in [-0.05, 0) is 43.0 Å². The van der Waals surface area contributed by atoms with Crippen LogP contribution in [0.1, 0.15) is 30.5 Å². The van der Waals surface area contributed by atoms with Gasteiger partial charge < -0.3 is 15.2 Å². The van der Waals surface area contributed by atoms with Crippen LogP contribution in [0.3, 0.4) is 0 Å². The molecule has 1 aromatic carbocycles. The molecule has 0 spiro atoms. The number of benzene rings is 1. The molecule has 0 aliphatic carbocycles. The minimum absolute atomic E-state index is 0.250. The van der Waals surface area contributed by atoms with Gasteiger partial charge in [-0.25, -0.2) is 0 Å². The fourth-order valence-corrected chi connectivity index (χ4v) is 3.25. The van der Waals surface area contributed by atoms with Crippen LogP contribution in [0.15, 0.2) is 18.2 Å². The zero-order valence-electron chi connectivity index (χ0n) is 13.6. The zero-order valence-corrected chi connectivity index (χ0v) is 13.6. The molecule has 1 aliphatic rings. The molecule has 3 atom stereocenters. The first-order chi connectivity index (χ1) is 10.1. The Bertz CT molecular complexity index is 464. The highest BCUT2D eigenvalue weighted by molar-refractivity contribution is 5.37. The van der Waals surface area contributed by atoms with Crippen LogP contribution < -0.4 is 10.5 Å². The van der Waals surface area contributed by atoms with Gasteiger partial charge in [0.15, 0.2) is 0 Å². The van der Waals surface area contributed by atoms with E-state index in [0.717, 1.165) is 30.8 Å². The second-order valence-electron chi connectivity index (χ2n) is 6.02. The Balaban J connectivity index is 2.17. The Hall–Kier alpha value is -1.10. The molecule has 1 aliphatic heterocycles. The number of rotatable bonds is 5. The van der Waals surface area contributed by atoms with Crippen molar-refractivity contribution in [2.75, 3.05) is 33.9 Å². The van der Waals surface area contributed by atoms with Gasteiger partial charge in [0.2, 0.25) is 0 Å². The van der Waals surface area contributed by atoms with Crippen LogP contribution in [0.25, 0.3) is 0 Å². The Labute approximate surface area is 128 Å². The van der Waals surface area contributed by atoms with Crippen molar-refractivity contribution >= 4 is 0 Å². The summed E-state index contributed by atoms with van der Waals surface area (Å²) in [6.07, 6.45) is 1.46. The summed E-state index contributed by atoms with van der Waals surface area (Å²) in [6, 6.07) is 6.60. The monoisotopic (exact) mass is 292 g/mol. The first-order valence-corrected chi connectivity index (χ1v) is 7.72. The van der Waals surface area contributed by atoms with Gasteiger partial charge in [0, 0.05) is 26.2 Å².